The zero-order valence-corrected chi connectivity index (χ0v) is 13.8. The maximum absolute atomic E-state index is 11.7. The van der Waals surface area contributed by atoms with E-state index in [1.165, 1.54) is 0 Å². The first-order valence-corrected chi connectivity index (χ1v) is 9.77. The summed E-state index contributed by atoms with van der Waals surface area (Å²) in [6, 6.07) is 9.35. The standard InChI is InChI=1S/C15H20ClNO4S/c16-22(19,20)11-14(8-12-6-7-12)9-17-15(18)21-10-13-4-2-1-3-5-13/h1-5,12,14H,6-11H2,(H,17,18). The second kappa shape index (κ2) is 7.83. The Hall–Kier alpha value is -1.27. The van der Waals surface area contributed by atoms with Crippen molar-refractivity contribution in [2.24, 2.45) is 11.8 Å². The van der Waals surface area contributed by atoms with Gasteiger partial charge in [-0.1, -0.05) is 43.2 Å². The van der Waals surface area contributed by atoms with E-state index >= 15 is 0 Å². The lowest BCUT2D eigenvalue weighted by molar-refractivity contribution is 0.138. The fraction of sp³-hybridized carbons (Fsp3) is 0.533. The van der Waals surface area contributed by atoms with Crippen LogP contribution in [0.3, 0.4) is 0 Å². The summed E-state index contributed by atoms with van der Waals surface area (Å²) < 4.78 is 27.5. The predicted molar refractivity (Wildman–Crippen MR) is 85.1 cm³/mol. The Balaban J connectivity index is 1.74. The summed E-state index contributed by atoms with van der Waals surface area (Å²) in [5.74, 6) is 0.272. The number of hydrogen-bond acceptors (Lipinski definition) is 4. The van der Waals surface area contributed by atoms with E-state index in [9.17, 15) is 13.2 Å². The number of halogens is 1. The summed E-state index contributed by atoms with van der Waals surface area (Å²) in [7, 11) is 1.75. The molecule has 1 unspecified atom stereocenters. The largest absolute Gasteiger partial charge is 0.445 e. The summed E-state index contributed by atoms with van der Waals surface area (Å²) in [4.78, 5) is 11.7. The monoisotopic (exact) mass is 345 g/mol. The first kappa shape index (κ1) is 17.1. The Morgan fingerprint density at radius 1 is 1.32 bits per heavy atom. The van der Waals surface area contributed by atoms with Crippen molar-refractivity contribution in [3.8, 4) is 0 Å². The summed E-state index contributed by atoms with van der Waals surface area (Å²) in [5.41, 5.74) is 0.899. The Morgan fingerprint density at radius 3 is 2.59 bits per heavy atom. The van der Waals surface area contributed by atoms with Gasteiger partial charge in [-0.25, -0.2) is 13.2 Å². The lowest BCUT2D eigenvalue weighted by Gasteiger charge is -2.15. The number of rotatable bonds is 8. The van der Waals surface area contributed by atoms with Crippen molar-refractivity contribution in [1.29, 1.82) is 0 Å². The molecule has 1 amide bonds. The molecule has 0 aromatic heterocycles. The van der Waals surface area contributed by atoms with E-state index in [1.54, 1.807) is 0 Å². The van der Waals surface area contributed by atoms with Gasteiger partial charge in [0.1, 0.15) is 6.61 Å². The van der Waals surface area contributed by atoms with Crippen LogP contribution in [0.5, 0.6) is 0 Å². The average molecular weight is 346 g/mol. The number of carbonyl (C=O) groups is 1. The molecular weight excluding hydrogens is 326 g/mol. The summed E-state index contributed by atoms with van der Waals surface area (Å²) >= 11 is 0. The SMILES string of the molecule is O=C(NCC(CC1CC1)CS(=O)(=O)Cl)OCc1ccccc1. The third kappa shape index (κ3) is 7.13. The van der Waals surface area contributed by atoms with E-state index in [0.29, 0.717) is 5.92 Å². The van der Waals surface area contributed by atoms with Crippen LogP contribution in [0.4, 0.5) is 4.79 Å². The van der Waals surface area contributed by atoms with Crippen molar-refractivity contribution in [3.05, 3.63) is 35.9 Å². The molecule has 122 valence electrons. The minimum absolute atomic E-state index is 0.121. The molecular formula is C15H20ClNO4S. The van der Waals surface area contributed by atoms with Crippen LogP contribution in [0.15, 0.2) is 30.3 Å². The Kier molecular flexibility index (Phi) is 6.08. The van der Waals surface area contributed by atoms with Gasteiger partial charge in [0.2, 0.25) is 9.05 Å². The molecule has 1 N–H and O–H groups in total. The number of benzene rings is 1. The van der Waals surface area contributed by atoms with Crippen molar-refractivity contribution in [2.45, 2.75) is 25.9 Å². The normalized spacial score (nSPS) is 16.0. The molecule has 0 spiro atoms. The molecule has 1 aromatic rings. The molecule has 2 rings (SSSR count). The smallest absolute Gasteiger partial charge is 0.407 e. The van der Waals surface area contributed by atoms with Crippen LogP contribution in [0.2, 0.25) is 0 Å². The highest BCUT2D eigenvalue weighted by molar-refractivity contribution is 8.13. The van der Waals surface area contributed by atoms with Gasteiger partial charge in [-0.2, -0.15) is 0 Å². The molecule has 1 fully saturated rings. The van der Waals surface area contributed by atoms with Crippen LogP contribution < -0.4 is 5.32 Å². The maximum Gasteiger partial charge on any atom is 0.407 e. The maximum atomic E-state index is 11.7. The first-order valence-electron chi connectivity index (χ1n) is 7.29. The van der Waals surface area contributed by atoms with Crippen molar-refractivity contribution in [3.63, 3.8) is 0 Å². The van der Waals surface area contributed by atoms with Crippen LogP contribution in [-0.2, 0) is 20.4 Å². The summed E-state index contributed by atoms with van der Waals surface area (Å²) in [5, 5.41) is 2.62. The third-order valence-corrected chi connectivity index (χ3v) is 4.79. The van der Waals surface area contributed by atoms with Gasteiger partial charge < -0.3 is 10.1 Å². The molecule has 1 atom stereocenters. The average Bonchev–Trinajstić information content (AvgIpc) is 3.26. The molecule has 0 radical (unpaired) electrons. The van der Waals surface area contributed by atoms with Crippen LogP contribution in [-0.4, -0.2) is 26.8 Å². The van der Waals surface area contributed by atoms with E-state index in [0.717, 1.165) is 24.8 Å². The molecule has 7 heteroatoms. The van der Waals surface area contributed by atoms with E-state index in [4.69, 9.17) is 15.4 Å². The van der Waals surface area contributed by atoms with Crippen LogP contribution in [0, 0.1) is 11.8 Å². The second-order valence-electron chi connectivity index (χ2n) is 5.69. The summed E-state index contributed by atoms with van der Waals surface area (Å²) in [6.07, 6.45) is 2.47. The van der Waals surface area contributed by atoms with E-state index in [2.05, 4.69) is 5.32 Å². The number of alkyl carbamates (subject to hydrolysis) is 1. The Labute approximate surface area is 135 Å². The molecule has 0 heterocycles. The minimum Gasteiger partial charge on any atom is -0.445 e. The molecule has 1 saturated carbocycles. The zero-order chi connectivity index (χ0) is 16.0. The first-order chi connectivity index (χ1) is 10.4. The molecule has 5 nitrogen and oxygen atoms in total. The van der Waals surface area contributed by atoms with Crippen LogP contribution >= 0.6 is 10.7 Å². The fourth-order valence-corrected chi connectivity index (χ4v) is 3.67. The van der Waals surface area contributed by atoms with Gasteiger partial charge in [-0.15, -0.1) is 0 Å². The van der Waals surface area contributed by atoms with Gasteiger partial charge >= 0.3 is 6.09 Å². The number of nitrogens with one attached hydrogen (secondary N) is 1. The molecule has 0 saturated heterocycles. The van der Waals surface area contributed by atoms with Crippen molar-refractivity contribution in [2.75, 3.05) is 12.3 Å². The fourth-order valence-electron chi connectivity index (χ4n) is 2.32. The molecule has 1 aliphatic rings. The quantitative estimate of drug-likeness (QED) is 0.735. The molecule has 0 bridgehead atoms. The third-order valence-electron chi connectivity index (χ3n) is 3.55. The lowest BCUT2D eigenvalue weighted by atomic mass is 10.0. The number of ether oxygens (including phenoxy) is 1. The molecule has 1 aromatic carbocycles. The van der Waals surface area contributed by atoms with Gasteiger partial charge in [0.05, 0.1) is 5.75 Å². The second-order valence-corrected chi connectivity index (χ2v) is 8.51. The van der Waals surface area contributed by atoms with Gasteiger partial charge in [-0.3, -0.25) is 0 Å². The van der Waals surface area contributed by atoms with Crippen LogP contribution in [0.25, 0.3) is 0 Å². The summed E-state index contributed by atoms with van der Waals surface area (Å²) in [6.45, 7) is 0.448. The van der Waals surface area contributed by atoms with Gasteiger partial charge in [0.15, 0.2) is 0 Å². The van der Waals surface area contributed by atoms with Crippen molar-refractivity contribution < 1.29 is 17.9 Å². The van der Waals surface area contributed by atoms with Gasteiger partial charge in [-0.05, 0) is 23.8 Å². The van der Waals surface area contributed by atoms with Crippen molar-refractivity contribution >= 4 is 25.8 Å². The van der Waals surface area contributed by atoms with Gasteiger partial charge in [0.25, 0.3) is 0 Å². The highest BCUT2D eigenvalue weighted by Crippen LogP contribution is 2.35. The van der Waals surface area contributed by atoms with E-state index in [-0.39, 0.29) is 24.8 Å². The number of carbonyl (C=O) groups excluding carboxylic acids is 1. The predicted octanol–water partition coefficient (Wildman–Crippen LogP) is 2.90. The molecule has 22 heavy (non-hydrogen) atoms. The number of amides is 1. The van der Waals surface area contributed by atoms with E-state index in [1.807, 2.05) is 30.3 Å². The minimum atomic E-state index is -3.56. The molecule has 0 aliphatic heterocycles. The highest BCUT2D eigenvalue weighted by Gasteiger charge is 2.28. The Morgan fingerprint density at radius 2 is 2.00 bits per heavy atom. The topological polar surface area (TPSA) is 72.5 Å². The van der Waals surface area contributed by atoms with Crippen molar-refractivity contribution in [1.82, 2.24) is 5.32 Å². The lowest BCUT2D eigenvalue weighted by Crippen LogP contribution is -2.32. The van der Waals surface area contributed by atoms with Gasteiger partial charge in [0, 0.05) is 17.2 Å². The number of hydrogen-bond donors (Lipinski definition) is 1. The zero-order valence-electron chi connectivity index (χ0n) is 12.2. The molecule has 1 aliphatic carbocycles. The van der Waals surface area contributed by atoms with E-state index < -0.39 is 15.1 Å². The van der Waals surface area contributed by atoms with Crippen LogP contribution in [0.1, 0.15) is 24.8 Å². The Bertz CT molecular complexity index is 587. The highest BCUT2D eigenvalue weighted by atomic mass is 35.7.